The zero-order valence-corrected chi connectivity index (χ0v) is 20.1. The topological polar surface area (TPSA) is 118 Å². The van der Waals surface area contributed by atoms with E-state index in [1.54, 1.807) is 38.1 Å². The SMILES string of the molecule is CC(C)[C@H](NC(=O)OCc1ccccc1)C(=O)OCC(=O)Nc1ccc(N=Nc2ccccc2)cc1. The van der Waals surface area contributed by atoms with Crippen LogP contribution in [0.4, 0.5) is 21.9 Å². The average Bonchev–Trinajstić information content (AvgIpc) is 2.90. The van der Waals surface area contributed by atoms with E-state index in [0.29, 0.717) is 11.4 Å². The monoisotopic (exact) mass is 488 g/mol. The van der Waals surface area contributed by atoms with Gasteiger partial charge in [0.2, 0.25) is 0 Å². The van der Waals surface area contributed by atoms with E-state index in [1.165, 1.54) is 0 Å². The van der Waals surface area contributed by atoms with Crippen molar-refractivity contribution in [3.63, 3.8) is 0 Å². The van der Waals surface area contributed by atoms with E-state index in [9.17, 15) is 14.4 Å². The molecule has 3 rings (SSSR count). The van der Waals surface area contributed by atoms with E-state index in [2.05, 4.69) is 20.9 Å². The Hall–Kier alpha value is -4.53. The third kappa shape index (κ3) is 8.68. The van der Waals surface area contributed by atoms with Gasteiger partial charge in [0, 0.05) is 5.69 Å². The molecular formula is C27H28N4O5. The van der Waals surface area contributed by atoms with Crippen molar-refractivity contribution in [1.29, 1.82) is 0 Å². The zero-order chi connectivity index (χ0) is 25.8. The largest absolute Gasteiger partial charge is 0.454 e. The molecule has 2 amide bonds. The molecule has 9 heteroatoms. The van der Waals surface area contributed by atoms with E-state index in [4.69, 9.17) is 9.47 Å². The maximum absolute atomic E-state index is 12.5. The minimum atomic E-state index is -0.963. The normalized spacial score (nSPS) is 11.6. The highest BCUT2D eigenvalue weighted by Gasteiger charge is 2.27. The highest BCUT2D eigenvalue weighted by atomic mass is 16.6. The smallest absolute Gasteiger partial charge is 0.408 e. The van der Waals surface area contributed by atoms with Crippen molar-refractivity contribution in [3.8, 4) is 0 Å². The number of azo groups is 1. The molecule has 0 aliphatic rings. The van der Waals surface area contributed by atoms with Gasteiger partial charge in [-0.2, -0.15) is 10.2 Å². The molecule has 2 N–H and O–H groups in total. The number of ether oxygens (including phenoxy) is 2. The van der Waals surface area contributed by atoms with Crippen LogP contribution in [0.2, 0.25) is 0 Å². The number of alkyl carbamates (subject to hydrolysis) is 1. The van der Waals surface area contributed by atoms with Gasteiger partial charge in [-0.3, -0.25) is 4.79 Å². The number of hydrogen-bond donors (Lipinski definition) is 2. The Morgan fingerprint density at radius 3 is 1.97 bits per heavy atom. The lowest BCUT2D eigenvalue weighted by molar-refractivity contribution is -0.150. The Labute approximate surface area is 209 Å². The van der Waals surface area contributed by atoms with Gasteiger partial charge in [-0.05, 0) is 47.9 Å². The number of carbonyl (C=O) groups excluding carboxylic acids is 3. The lowest BCUT2D eigenvalue weighted by Gasteiger charge is -2.20. The summed E-state index contributed by atoms with van der Waals surface area (Å²) in [4.78, 5) is 36.9. The van der Waals surface area contributed by atoms with E-state index in [-0.39, 0.29) is 12.5 Å². The average molecular weight is 489 g/mol. The molecule has 0 aliphatic carbocycles. The molecule has 0 saturated carbocycles. The number of nitrogens with one attached hydrogen (secondary N) is 2. The Morgan fingerprint density at radius 1 is 0.778 bits per heavy atom. The molecule has 0 aliphatic heterocycles. The molecule has 0 spiro atoms. The van der Waals surface area contributed by atoms with Gasteiger partial charge in [0.25, 0.3) is 5.91 Å². The molecule has 1 atom stereocenters. The molecule has 0 unspecified atom stereocenters. The van der Waals surface area contributed by atoms with Gasteiger partial charge in [-0.15, -0.1) is 0 Å². The van der Waals surface area contributed by atoms with Gasteiger partial charge in [0.1, 0.15) is 12.6 Å². The Balaban J connectivity index is 1.44. The van der Waals surface area contributed by atoms with Crippen LogP contribution in [0.5, 0.6) is 0 Å². The number of rotatable bonds is 10. The van der Waals surface area contributed by atoms with Crippen LogP contribution in [0.3, 0.4) is 0 Å². The first-order chi connectivity index (χ1) is 17.4. The first-order valence-electron chi connectivity index (χ1n) is 11.4. The molecule has 36 heavy (non-hydrogen) atoms. The Kier molecular flexibility index (Phi) is 9.69. The van der Waals surface area contributed by atoms with E-state index < -0.39 is 30.6 Å². The van der Waals surface area contributed by atoms with Crippen LogP contribution >= 0.6 is 0 Å². The van der Waals surface area contributed by atoms with Gasteiger partial charge >= 0.3 is 12.1 Å². The summed E-state index contributed by atoms with van der Waals surface area (Å²) < 4.78 is 10.3. The minimum Gasteiger partial charge on any atom is -0.454 e. The van der Waals surface area contributed by atoms with Crippen molar-refractivity contribution in [2.24, 2.45) is 16.1 Å². The minimum absolute atomic E-state index is 0.0708. The number of hydrogen-bond acceptors (Lipinski definition) is 7. The van der Waals surface area contributed by atoms with E-state index in [0.717, 1.165) is 11.3 Å². The van der Waals surface area contributed by atoms with Crippen LogP contribution in [0, 0.1) is 5.92 Å². The summed E-state index contributed by atoms with van der Waals surface area (Å²) in [5, 5.41) is 13.4. The summed E-state index contributed by atoms with van der Waals surface area (Å²) in [5.41, 5.74) is 2.68. The van der Waals surface area contributed by atoms with Crippen molar-refractivity contribution in [2.75, 3.05) is 11.9 Å². The first-order valence-corrected chi connectivity index (χ1v) is 11.4. The fourth-order valence-corrected chi connectivity index (χ4v) is 3.03. The van der Waals surface area contributed by atoms with Gasteiger partial charge in [-0.25, -0.2) is 9.59 Å². The molecule has 0 fully saturated rings. The summed E-state index contributed by atoms with van der Waals surface area (Å²) >= 11 is 0. The predicted octanol–water partition coefficient (Wildman–Crippen LogP) is 5.53. The van der Waals surface area contributed by atoms with Gasteiger partial charge in [0.15, 0.2) is 6.61 Å². The predicted molar refractivity (Wildman–Crippen MR) is 135 cm³/mol. The first kappa shape index (κ1) is 26.1. The summed E-state index contributed by atoms with van der Waals surface area (Å²) in [6.45, 7) is 3.07. The number of nitrogens with zero attached hydrogens (tertiary/aromatic N) is 2. The third-order valence-electron chi connectivity index (χ3n) is 4.94. The second-order valence-corrected chi connectivity index (χ2v) is 8.17. The summed E-state index contributed by atoms with van der Waals surface area (Å²) in [7, 11) is 0. The fourth-order valence-electron chi connectivity index (χ4n) is 3.03. The quantitative estimate of drug-likeness (QED) is 0.287. The van der Waals surface area contributed by atoms with Crippen LogP contribution in [0.1, 0.15) is 19.4 Å². The summed E-state index contributed by atoms with van der Waals surface area (Å²) in [5.74, 6) is -1.52. The maximum Gasteiger partial charge on any atom is 0.408 e. The summed E-state index contributed by atoms with van der Waals surface area (Å²) in [6.07, 6.45) is -0.747. The van der Waals surface area contributed by atoms with Gasteiger partial charge < -0.3 is 20.1 Å². The number of amides is 2. The van der Waals surface area contributed by atoms with Crippen LogP contribution < -0.4 is 10.6 Å². The van der Waals surface area contributed by atoms with Crippen LogP contribution in [0.25, 0.3) is 0 Å². The molecular weight excluding hydrogens is 460 g/mol. The maximum atomic E-state index is 12.5. The van der Waals surface area contributed by atoms with Crippen LogP contribution in [-0.2, 0) is 25.7 Å². The van der Waals surface area contributed by atoms with E-state index >= 15 is 0 Å². The molecule has 9 nitrogen and oxygen atoms in total. The number of esters is 1. The van der Waals surface area contributed by atoms with Crippen molar-refractivity contribution < 1.29 is 23.9 Å². The molecule has 186 valence electrons. The van der Waals surface area contributed by atoms with Crippen molar-refractivity contribution in [2.45, 2.75) is 26.5 Å². The Bertz CT molecular complexity index is 1170. The van der Waals surface area contributed by atoms with Crippen molar-refractivity contribution in [1.82, 2.24) is 5.32 Å². The molecule has 3 aromatic carbocycles. The molecule has 0 bridgehead atoms. The zero-order valence-electron chi connectivity index (χ0n) is 20.1. The second-order valence-electron chi connectivity index (χ2n) is 8.17. The highest BCUT2D eigenvalue weighted by molar-refractivity contribution is 5.93. The number of benzene rings is 3. The van der Waals surface area contributed by atoms with Gasteiger partial charge in [-0.1, -0.05) is 62.4 Å². The third-order valence-corrected chi connectivity index (χ3v) is 4.94. The van der Waals surface area contributed by atoms with E-state index in [1.807, 2.05) is 60.7 Å². The lowest BCUT2D eigenvalue weighted by atomic mass is 10.1. The molecule has 0 saturated heterocycles. The van der Waals surface area contributed by atoms with Gasteiger partial charge in [0.05, 0.1) is 11.4 Å². The lowest BCUT2D eigenvalue weighted by Crippen LogP contribution is -2.46. The molecule has 3 aromatic rings. The molecule has 0 aromatic heterocycles. The van der Waals surface area contributed by atoms with Crippen molar-refractivity contribution in [3.05, 3.63) is 90.5 Å². The number of carbonyl (C=O) groups is 3. The second kappa shape index (κ2) is 13.4. The fraction of sp³-hybridized carbons (Fsp3) is 0.222. The highest BCUT2D eigenvalue weighted by Crippen LogP contribution is 2.20. The van der Waals surface area contributed by atoms with Crippen LogP contribution in [-0.4, -0.2) is 30.6 Å². The summed E-state index contributed by atoms with van der Waals surface area (Å²) in [6, 6.07) is 24.3. The standard InChI is InChI=1S/C27H28N4O5/c1-19(2)25(29-27(34)36-17-20-9-5-3-6-10-20)26(33)35-18-24(32)28-21-13-15-23(16-14-21)31-30-22-11-7-4-8-12-22/h3-16,19,25H,17-18H2,1-2H3,(H,28,32)(H,29,34)/t25-/m0/s1. The Morgan fingerprint density at radius 2 is 1.36 bits per heavy atom. The molecule has 0 heterocycles. The van der Waals surface area contributed by atoms with Crippen LogP contribution in [0.15, 0.2) is 95.2 Å². The van der Waals surface area contributed by atoms with Crippen molar-refractivity contribution >= 4 is 35.0 Å². The number of anilines is 1. The molecule has 0 radical (unpaired) electrons.